The molecule has 0 rings (SSSR count). The summed E-state index contributed by atoms with van der Waals surface area (Å²) in [6.45, 7) is 9.06. The van der Waals surface area contributed by atoms with E-state index in [2.05, 4.69) is 25.7 Å². The van der Waals surface area contributed by atoms with Crippen LogP contribution >= 0.6 is 0 Å². The van der Waals surface area contributed by atoms with Gasteiger partial charge >= 0.3 is 0 Å². The van der Waals surface area contributed by atoms with Crippen molar-refractivity contribution in [1.82, 2.24) is 4.90 Å². The van der Waals surface area contributed by atoms with E-state index >= 15 is 0 Å². The fraction of sp³-hybridized carbons (Fsp3) is 1.00. The van der Waals surface area contributed by atoms with Crippen molar-refractivity contribution in [3.63, 3.8) is 0 Å². The van der Waals surface area contributed by atoms with Crippen LogP contribution < -0.4 is 0 Å². The van der Waals surface area contributed by atoms with E-state index in [0.717, 1.165) is 26.1 Å². The first kappa shape index (κ1) is 14.9. The minimum atomic E-state index is -3.79. The third kappa shape index (κ3) is 8.84. The Balaban J connectivity index is 3.80. The molecule has 1 atom stereocenters. The highest BCUT2D eigenvalue weighted by Crippen LogP contribution is 2.04. The minimum absolute atomic E-state index is 0.135. The topological polar surface area (TPSA) is 57.6 Å². The molecule has 0 aliphatic heterocycles. The Morgan fingerprint density at radius 3 is 2.33 bits per heavy atom. The lowest BCUT2D eigenvalue weighted by atomic mass is 10.1. The van der Waals surface area contributed by atoms with Gasteiger partial charge in [-0.3, -0.25) is 4.55 Å². The molecule has 15 heavy (non-hydrogen) atoms. The average Bonchev–Trinajstić information content (AvgIpc) is 2.14. The summed E-state index contributed by atoms with van der Waals surface area (Å²) in [4.78, 5) is 2.22. The zero-order chi connectivity index (χ0) is 11.9. The van der Waals surface area contributed by atoms with Crippen LogP contribution in [0.25, 0.3) is 0 Å². The molecule has 0 saturated carbocycles. The van der Waals surface area contributed by atoms with Crippen molar-refractivity contribution in [2.45, 2.75) is 33.6 Å². The van der Waals surface area contributed by atoms with Gasteiger partial charge in [0.25, 0.3) is 10.1 Å². The average molecular weight is 237 g/mol. The lowest BCUT2D eigenvalue weighted by Gasteiger charge is -2.23. The molecule has 1 unspecified atom stereocenters. The fourth-order valence-electron chi connectivity index (χ4n) is 1.42. The van der Waals surface area contributed by atoms with Gasteiger partial charge in [0.1, 0.15) is 0 Å². The quantitative estimate of drug-likeness (QED) is 0.652. The van der Waals surface area contributed by atoms with Crippen LogP contribution in [0.4, 0.5) is 0 Å². The van der Waals surface area contributed by atoms with Gasteiger partial charge in [0, 0.05) is 6.54 Å². The summed E-state index contributed by atoms with van der Waals surface area (Å²) >= 11 is 0. The summed E-state index contributed by atoms with van der Waals surface area (Å²) in [7, 11) is -3.79. The molecule has 0 aromatic carbocycles. The van der Waals surface area contributed by atoms with E-state index in [0.29, 0.717) is 12.3 Å². The first-order valence-electron chi connectivity index (χ1n) is 5.56. The van der Waals surface area contributed by atoms with Crippen molar-refractivity contribution < 1.29 is 13.0 Å². The molecule has 92 valence electrons. The maximum absolute atomic E-state index is 10.5. The summed E-state index contributed by atoms with van der Waals surface area (Å²) in [6.07, 6.45) is 1.64. The van der Waals surface area contributed by atoms with E-state index in [4.69, 9.17) is 4.55 Å². The smallest absolute Gasteiger partial charge is 0.264 e. The molecule has 0 spiro atoms. The zero-order valence-corrected chi connectivity index (χ0v) is 10.8. The Bertz CT molecular complexity index is 251. The van der Waals surface area contributed by atoms with Gasteiger partial charge in [-0.05, 0) is 25.4 Å². The van der Waals surface area contributed by atoms with E-state index in [1.165, 1.54) is 0 Å². The van der Waals surface area contributed by atoms with E-state index in [1.54, 1.807) is 0 Å². The lowest BCUT2D eigenvalue weighted by molar-refractivity contribution is 0.246. The Morgan fingerprint density at radius 1 is 1.33 bits per heavy atom. The molecule has 0 aliphatic carbocycles. The fourth-order valence-corrected chi connectivity index (χ4v) is 1.91. The minimum Gasteiger partial charge on any atom is -0.303 e. The van der Waals surface area contributed by atoms with Gasteiger partial charge < -0.3 is 4.90 Å². The molecule has 0 radical (unpaired) electrons. The van der Waals surface area contributed by atoms with Crippen molar-refractivity contribution in [2.75, 3.05) is 25.4 Å². The monoisotopic (exact) mass is 237 g/mol. The van der Waals surface area contributed by atoms with Crippen molar-refractivity contribution in [3.05, 3.63) is 0 Å². The predicted octanol–water partition coefficient (Wildman–Crippen LogP) is 1.63. The molecule has 5 heteroatoms. The highest BCUT2D eigenvalue weighted by Gasteiger charge is 2.09. The number of hydrogen-bond donors (Lipinski definition) is 1. The molecule has 0 amide bonds. The van der Waals surface area contributed by atoms with Crippen molar-refractivity contribution >= 4 is 10.1 Å². The van der Waals surface area contributed by atoms with E-state index in [1.807, 2.05) is 0 Å². The lowest BCUT2D eigenvalue weighted by Crippen LogP contribution is -2.30. The van der Waals surface area contributed by atoms with E-state index < -0.39 is 10.1 Å². The molecule has 0 saturated heterocycles. The third-order valence-corrected chi connectivity index (χ3v) is 3.40. The summed E-state index contributed by atoms with van der Waals surface area (Å²) in [6, 6.07) is 0. The summed E-state index contributed by atoms with van der Waals surface area (Å²) in [5.41, 5.74) is 0. The van der Waals surface area contributed by atoms with Crippen LogP contribution in [0, 0.1) is 5.92 Å². The van der Waals surface area contributed by atoms with Crippen molar-refractivity contribution in [2.24, 2.45) is 5.92 Å². The maximum atomic E-state index is 10.5. The molecular formula is C10H23NO3S. The van der Waals surface area contributed by atoms with Gasteiger partial charge in [-0.1, -0.05) is 27.2 Å². The molecular weight excluding hydrogens is 214 g/mol. The Morgan fingerprint density at radius 2 is 1.93 bits per heavy atom. The van der Waals surface area contributed by atoms with E-state index in [-0.39, 0.29) is 5.75 Å². The third-order valence-electron chi connectivity index (χ3n) is 2.59. The summed E-state index contributed by atoms with van der Waals surface area (Å²) in [5.74, 6) is 0.500. The first-order chi connectivity index (χ1) is 6.89. The molecule has 0 bridgehead atoms. The second-order valence-electron chi connectivity index (χ2n) is 4.05. The summed E-state index contributed by atoms with van der Waals surface area (Å²) < 4.78 is 29.6. The van der Waals surface area contributed by atoms with Crippen LogP contribution in [0.1, 0.15) is 33.6 Å². The van der Waals surface area contributed by atoms with Gasteiger partial charge in [0.2, 0.25) is 0 Å². The molecule has 0 aromatic heterocycles. The van der Waals surface area contributed by atoms with Crippen LogP contribution in [0.3, 0.4) is 0 Å². The van der Waals surface area contributed by atoms with Crippen LogP contribution in [-0.2, 0) is 10.1 Å². The zero-order valence-electron chi connectivity index (χ0n) is 9.94. The number of hydrogen-bond acceptors (Lipinski definition) is 3. The van der Waals surface area contributed by atoms with Gasteiger partial charge in [-0.15, -0.1) is 0 Å². The van der Waals surface area contributed by atoms with Gasteiger partial charge in [0.05, 0.1) is 5.75 Å². The second-order valence-corrected chi connectivity index (χ2v) is 5.62. The van der Waals surface area contributed by atoms with Gasteiger partial charge in [0.15, 0.2) is 0 Å². The standard InChI is InChI=1S/C10H23NO3S/c1-4-10(3)9-11(5-2)7-6-8-15(12,13)14/h10H,4-9H2,1-3H3,(H,12,13,14). The largest absolute Gasteiger partial charge is 0.303 e. The Kier molecular flexibility index (Phi) is 7.13. The Labute approximate surface area is 93.4 Å². The number of nitrogens with zero attached hydrogens (tertiary/aromatic N) is 1. The van der Waals surface area contributed by atoms with Crippen LogP contribution in [-0.4, -0.2) is 43.3 Å². The van der Waals surface area contributed by atoms with Gasteiger partial charge in [-0.25, -0.2) is 0 Å². The van der Waals surface area contributed by atoms with Crippen molar-refractivity contribution in [3.8, 4) is 0 Å². The normalized spacial score (nSPS) is 14.5. The molecule has 0 aliphatic rings. The van der Waals surface area contributed by atoms with Crippen LogP contribution in [0.5, 0.6) is 0 Å². The molecule has 4 nitrogen and oxygen atoms in total. The second kappa shape index (κ2) is 7.19. The van der Waals surface area contributed by atoms with Crippen molar-refractivity contribution in [1.29, 1.82) is 0 Å². The maximum Gasteiger partial charge on any atom is 0.264 e. The SMILES string of the molecule is CCC(C)CN(CC)CCCS(=O)(=O)O. The number of rotatable bonds is 8. The van der Waals surface area contributed by atoms with E-state index in [9.17, 15) is 8.42 Å². The van der Waals surface area contributed by atoms with Gasteiger partial charge in [-0.2, -0.15) is 8.42 Å². The molecule has 0 fully saturated rings. The molecule has 0 heterocycles. The van der Waals surface area contributed by atoms with Crippen LogP contribution in [0.2, 0.25) is 0 Å². The molecule has 0 aromatic rings. The highest BCUT2D eigenvalue weighted by molar-refractivity contribution is 7.85. The van der Waals surface area contributed by atoms with Crippen LogP contribution in [0.15, 0.2) is 0 Å². The predicted molar refractivity (Wildman–Crippen MR) is 62.6 cm³/mol. The first-order valence-corrected chi connectivity index (χ1v) is 7.17. The Hall–Kier alpha value is -0.130. The highest BCUT2D eigenvalue weighted by atomic mass is 32.2. The molecule has 1 N–H and O–H groups in total. The summed E-state index contributed by atoms with van der Waals surface area (Å²) in [5, 5.41) is 0.